The molecule has 5 heteroatoms. The second kappa shape index (κ2) is 5.35. The van der Waals surface area contributed by atoms with Gasteiger partial charge in [-0.15, -0.1) is 5.10 Å². The summed E-state index contributed by atoms with van der Waals surface area (Å²) in [5, 5.41) is 8.03. The normalized spacial score (nSPS) is 12.3. The first-order chi connectivity index (χ1) is 8.66. The first kappa shape index (κ1) is 12.2. The largest absolute Gasteiger partial charge is 0.367 e. The lowest BCUT2D eigenvalue weighted by atomic mass is 10.2. The summed E-state index contributed by atoms with van der Waals surface area (Å²) in [5.41, 5.74) is 3.22. The minimum Gasteiger partial charge on any atom is -0.367 e. The Balaban J connectivity index is 2.30. The van der Waals surface area contributed by atoms with Crippen molar-refractivity contribution in [3.05, 3.63) is 36.2 Å². The third-order valence-electron chi connectivity index (χ3n) is 2.31. The van der Waals surface area contributed by atoms with E-state index >= 15 is 0 Å². The van der Waals surface area contributed by atoms with Gasteiger partial charge < -0.3 is 4.90 Å². The van der Waals surface area contributed by atoms with Crippen LogP contribution in [0, 0.1) is 0 Å². The molecule has 0 saturated carbocycles. The van der Waals surface area contributed by atoms with Crippen molar-refractivity contribution in [1.82, 2.24) is 14.9 Å². The van der Waals surface area contributed by atoms with Gasteiger partial charge in [0.1, 0.15) is 12.0 Å². The second-order valence-electron chi connectivity index (χ2n) is 4.12. The van der Waals surface area contributed by atoms with Crippen molar-refractivity contribution in [2.75, 3.05) is 14.1 Å². The second-order valence-corrected chi connectivity index (χ2v) is 4.12. The fourth-order valence-corrected chi connectivity index (χ4v) is 1.40. The van der Waals surface area contributed by atoms with Crippen LogP contribution in [-0.2, 0) is 0 Å². The van der Waals surface area contributed by atoms with Crippen LogP contribution in [0.4, 0.5) is 0 Å². The highest BCUT2D eigenvalue weighted by atomic mass is 15.3. The van der Waals surface area contributed by atoms with E-state index in [0.29, 0.717) is 0 Å². The Labute approximate surface area is 106 Å². The zero-order chi connectivity index (χ0) is 13.0. The zero-order valence-electron chi connectivity index (χ0n) is 10.7. The maximum Gasteiger partial charge on any atom is 0.113 e. The molecule has 0 aliphatic carbocycles. The summed E-state index contributed by atoms with van der Waals surface area (Å²) in [5.74, 6) is 0. The van der Waals surface area contributed by atoms with Crippen LogP contribution in [0.5, 0.6) is 0 Å². The number of aromatic nitrogens is 2. The van der Waals surface area contributed by atoms with Crippen LogP contribution >= 0.6 is 0 Å². The van der Waals surface area contributed by atoms with Gasteiger partial charge in [-0.1, -0.05) is 12.1 Å². The van der Waals surface area contributed by atoms with Crippen molar-refractivity contribution in [2.45, 2.75) is 6.92 Å². The van der Waals surface area contributed by atoms with Gasteiger partial charge in [-0.2, -0.15) is 5.10 Å². The maximum absolute atomic E-state index is 4.49. The molecular weight excluding hydrogens is 226 g/mol. The Bertz CT molecular complexity index is 601. The van der Waals surface area contributed by atoms with Gasteiger partial charge in [-0.05, 0) is 19.1 Å². The highest BCUT2D eigenvalue weighted by Gasteiger charge is 2.01. The summed E-state index contributed by atoms with van der Waals surface area (Å²) in [6.07, 6.45) is 3.35. The van der Waals surface area contributed by atoms with Crippen molar-refractivity contribution in [1.29, 1.82) is 0 Å². The van der Waals surface area contributed by atoms with Gasteiger partial charge in [-0.25, -0.2) is 4.98 Å². The highest BCUT2D eigenvalue weighted by Crippen LogP contribution is 2.09. The molecule has 1 aromatic heterocycles. The monoisotopic (exact) mass is 241 g/mol. The quantitative estimate of drug-likeness (QED) is 0.469. The topological polar surface area (TPSA) is 53.7 Å². The Morgan fingerprint density at radius 1 is 1.22 bits per heavy atom. The van der Waals surface area contributed by atoms with Gasteiger partial charge in [0, 0.05) is 14.1 Å². The van der Waals surface area contributed by atoms with Crippen molar-refractivity contribution in [2.24, 2.45) is 10.2 Å². The summed E-state index contributed by atoms with van der Waals surface area (Å²) >= 11 is 0. The number of para-hydroxylation sites is 2. The molecule has 0 aliphatic heterocycles. The number of fused-ring (bicyclic) bond motifs is 1. The molecule has 1 heterocycles. The van der Waals surface area contributed by atoms with Gasteiger partial charge >= 0.3 is 0 Å². The molecule has 2 rings (SSSR count). The summed E-state index contributed by atoms with van der Waals surface area (Å²) < 4.78 is 0. The molecule has 0 bridgehead atoms. The SMILES string of the molecule is CC(=NN=CN(C)C)c1cnc2ccccc2n1. The lowest BCUT2D eigenvalue weighted by Crippen LogP contribution is -2.07. The molecule has 92 valence electrons. The molecule has 0 N–H and O–H groups in total. The molecule has 2 aromatic rings. The standard InChI is InChI=1S/C13H15N5/c1-10(17-15-9-18(2)3)13-8-14-11-6-4-5-7-12(11)16-13/h4-9H,1-3H3. The van der Waals surface area contributed by atoms with E-state index in [1.54, 1.807) is 12.5 Å². The molecule has 0 radical (unpaired) electrons. The minimum absolute atomic E-state index is 0.740. The molecule has 0 unspecified atom stereocenters. The molecule has 0 atom stereocenters. The van der Waals surface area contributed by atoms with Crippen LogP contribution in [0.25, 0.3) is 11.0 Å². The highest BCUT2D eigenvalue weighted by molar-refractivity contribution is 5.98. The maximum atomic E-state index is 4.49. The van der Waals surface area contributed by atoms with E-state index < -0.39 is 0 Å². The molecule has 18 heavy (non-hydrogen) atoms. The third-order valence-corrected chi connectivity index (χ3v) is 2.31. The van der Waals surface area contributed by atoms with E-state index in [4.69, 9.17) is 0 Å². The first-order valence-electron chi connectivity index (χ1n) is 5.63. The van der Waals surface area contributed by atoms with Crippen molar-refractivity contribution in [3.63, 3.8) is 0 Å². The van der Waals surface area contributed by atoms with E-state index in [0.717, 1.165) is 22.4 Å². The van der Waals surface area contributed by atoms with Crippen LogP contribution in [0.15, 0.2) is 40.7 Å². The average molecular weight is 241 g/mol. The summed E-state index contributed by atoms with van der Waals surface area (Å²) in [7, 11) is 3.79. The predicted octanol–water partition coefficient (Wildman–Crippen LogP) is 1.94. The van der Waals surface area contributed by atoms with Crippen LogP contribution in [-0.4, -0.2) is 41.0 Å². The lowest BCUT2D eigenvalue weighted by molar-refractivity contribution is 0.640. The molecule has 1 aromatic carbocycles. The van der Waals surface area contributed by atoms with Gasteiger partial charge in [0.2, 0.25) is 0 Å². The molecular formula is C13H15N5. The lowest BCUT2D eigenvalue weighted by Gasteiger charge is -2.01. The van der Waals surface area contributed by atoms with Crippen LogP contribution in [0.3, 0.4) is 0 Å². The third kappa shape index (κ3) is 2.88. The van der Waals surface area contributed by atoms with Crippen molar-refractivity contribution < 1.29 is 0 Å². The van der Waals surface area contributed by atoms with Gasteiger partial charge in [0.15, 0.2) is 0 Å². The molecule has 0 aliphatic rings. The Hall–Kier alpha value is -2.30. The number of nitrogens with zero attached hydrogens (tertiary/aromatic N) is 5. The summed E-state index contributed by atoms with van der Waals surface area (Å²) in [6, 6.07) is 7.75. The van der Waals surface area contributed by atoms with Gasteiger partial charge in [0.25, 0.3) is 0 Å². The molecule has 0 fully saturated rings. The predicted molar refractivity (Wildman–Crippen MR) is 73.9 cm³/mol. The minimum atomic E-state index is 0.740. The van der Waals surface area contributed by atoms with Crippen molar-refractivity contribution >= 4 is 23.1 Å². The van der Waals surface area contributed by atoms with E-state index in [1.165, 1.54) is 0 Å². The summed E-state index contributed by atoms with van der Waals surface area (Å²) in [6.45, 7) is 1.87. The van der Waals surface area contributed by atoms with E-state index in [9.17, 15) is 0 Å². The van der Waals surface area contributed by atoms with E-state index in [2.05, 4.69) is 20.2 Å². The molecule has 0 spiro atoms. The van der Waals surface area contributed by atoms with Crippen molar-refractivity contribution in [3.8, 4) is 0 Å². The smallest absolute Gasteiger partial charge is 0.113 e. The van der Waals surface area contributed by atoms with Gasteiger partial charge in [-0.3, -0.25) is 4.98 Å². The number of hydrogen-bond acceptors (Lipinski definition) is 4. The number of hydrogen-bond donors (Lipinski definition) is 0. The van der Waals surface area contributed by atoms with Crippen LogP contribution in [0.1, 0.15) is 12.6 Å². The molecule has 5 nitrogen and oxygen atoms in total. The van der Waals surface area contributed by atoms with Crippen LogP contribution in [0.2, 0.25) is 0 Å². The number of benzene rings is 1. The van der Waals surface area contributed by atoms with E-state index in [-0.39, 0.29) is 0 Å². The first-order valence-corrected chi connectivity index (χ1v) is 5.63. The fourth-order valence-electron chi connectivity index (χ4n) is 1.40. The van der Waals surface area contributed by atoms with Gasteiger partial charge in [0.05, 0.1) is 22.9 Å². The Morgan fingerprint density at radius 2 is 1.94 bits per heavy atom. The number of rotatable bonds is 3. The van der Waals surface area contributed by atoms with Crippen LogP contribution < -0.4 is 0 Å². The molecule has 0 saturated heterocycles. The van der Waals surface area contributed by atoms with E-state index in [1.807, 2.05) is 50.2 Å². The molecule has 0 amide bonds. The Kier molecular flexibility index (Phi) is 3.62. The fraction of sp³-hybridized carbons (Fsp3) is 0.231. The zero-order valence-corrected chi connectivity index (χ0v) is 10.7. The Morgan fingerprint density at radius 3 is 2.67 bits per heavy atom. The average Bonchev–Trinajstić information content (AvgIpc) is 2.37. The summed E-state index contributed by atoms with van der Waals surface area (Å²) in [4.78, 5) is 10.7.